The van der Waals surface area contributed by atoms with Crippen molar-refractivity contribution < 1.29 is 1930 Å². The maximum Gasteiger partial charge on any atom is 0 e. The van der Waals surface area contributed by atoms with E-state index in [-0.39, 0.29) is 2000 Å². The van der Waals surface area contributed by atoms with Crippen molar-refractivity contribution in [2.24, 2.45) is 0 Å². The molecule has 0 amide bonds. The standard InChI is InChI=1S/C26H20.4C2H6.3CH4.7CH3.59Y/c1-4-10-21(11-5-1)20-22-16-18-25(19-17-22)26(23-12-6-2-7-13-23)24-14-8-3-9-15-24;4*1-2;;;;;;;;;;;;;;;;;;;;;;;;;;;;;;;;;;;;;;;;;;;;;;;;;;;;;;;;;;;;;;;;;;;;;/h1-20H;4*1-2H3;3*1H4;7*1H3;;;;;;;;;;;;;;;;;;;;;;;;;;;;;;;;;;;;;;;;;;;;;;;;;;;;;;;;;;;/q-2;;;;;;;;7*-1;;;;;;;;;;;;;;;;;;;;;;;;;;;;;;;;;;;;;;;;;;;;;;;;;;;;;;;;;;;. The molecule has 103 heavy (non-hydrogen) atoms. The van der Waals surface area contributed by atoms with Crippen molar-refractivity contribution in [1.29, 1.82) is 0 Å². The number of hydrogen-bond acceptors (Lipinski definition) is 0. The van der Waals surface area contributed by atoms with Crippen LogP contribution in [0.1, 0.15) is 105 Å². The maximum absolute atomic E-state index is 2.21. The van der Waals surface area contributed by atoms with Crippen LogP contribution in [0.5, 0.6) is 0 Å². The second-order valence-electron chi connectivity index (χ2n) is 6.28. The molecule has 0 unspecified atom stereocenters. The van der Waals surface area contributed by atoms with Crippen molar-refractivity contribution in [3.8, 4) is 0 Å². The molecule has 0 aliphatic heterocycles. The maximum atomic E-state index is 2.21. The number of benzene rings is 4. The van der Waals surface area contributed by atoms with Gasteiger partial charge in [0.05, 0.1) is 0 Å². The monoisotopic (exact) mass is 5850 g/mol. The third kappa shape index (κ3) is 343. The molecule has 0 saturated carbocycles. The second kappa shape index (κ2) is 436. The molecule has 59 heteroatoms. The van der Waals surface area contributed by atoms with Crippen LogP contribution >= 0.6 is 0 Å². The Labute approximate surface area is 2140 Å². The first kappa shape index (κ1) is 492. The Morgan fingerprint density at radius 2 is 0.243 bits per heavy atom. The normalized spacial score (nSPS) is 2.83. The van der Waals surface area contributed by atoms with Crippen molar-refractivity contribution >= 4 is 0 Å². The van der Waals surface area contributed by atoms with E-state index in [1.807, 2.05) is 61.5 Å². The fourth-order valence-corrected chi connectivity index (χ4v) is 3.20. The van der Waals surface area contributed by atoms with Gasteiger partial charge >= 0.3 is 0 Å². The van der Waals surface area contributed by atoms with Gasteiger partial charge in [-0.05, 0) is 0 Å². The quantitative estimate of drug-likeness (QED) is 0.138. The van der Waals surface area contributed by atoms with Crippen LogP contribution < -0.4 is 0 Å². The van der Waals surface area contributed by atoms with E-state index in [0.29, 0.717) is 0 Å². The van der Waals surface area contributed by atoms with Crippen molar-refractivity contribution in [3.05, 3.63) is 207 Å². The molecule has 0 saturated heterocycles. The van der Waals surface area contributed by atoms with Gasteiger partial charge in [-0.3, -0.25) is 0 Å². The second-order valence-corrected chi connectivity index (χ2v) is 6.28. The Kier molecular flexibility index (Phi) is 2080. The van der Waals surface area contributed by atoms with Gasteiger partial charge in [-0.2, -0.15) is 0 Å². The van der Waals surface area contributed by atoms with Crippen LogP contribution in [0.4, 0.5) is 0 Å². The molecule has 59 radical (unpaired) electrons. The van der Waals surface area contributed by atoms with Crippen molar-refractivity contribution in [2.75, 3.05) is 0 Å². The van der Waals surface area contributed by atoms with Gasteiger partial charge < -0.3 is 52.0 Å². The van der Waals surface area contributed by atoms with E-state index in [9.17, 15) is 0 Å². The van der Waals surface area contributed by atoms with Crippen molar-refractivity contribution in [1.82, 2.24) is 0 Å². The van der Waals surface area contributed by atoms with Gasteiger partial charge in [0.2, 0.25) is 0 Å². The smallest absolute Gasteiger partial charge is 0 e. The molecule has 0 nitrogen and oxygen atoms in total. The van der Waals surface area contributed by atoms with E-state index in [1.54, 1.807) is 0 Å². The minimum Gasteiger partial charge on any atom is -0.358 e. The van der Waals surface area contributed by atoms with E-state index >= 15 is 0 Å². The molecule has 0 bridgehead atoms. The fraction of sp³-hybridized carbons (Fsp3) is 0.250. The number of hydrogen-bond donors (Lipinski definition) is 0. The molecule has 0 aliphatic rings. The summed E-state index contributed by atoms with van der Waals surface area (Å²) in [5, 5.41) is 0. The summed E-state index contributed by atoms with van der Waals surface area (Å²) in [6.45, 7) is 16.0. The molecule has 0 aliphatic carbocycles. The van der Waals surface area contributed by atoms with Crippen LogP contribution in [-0.4, -0.2) is 0 Å². The third-order valence-electron chi connectivity index (χ3n) is 4.46. The fourth-order valence-electron chi connectivity index (χ4n) is 3.20. The van der Waals surface area contributed by atoms with Gasteiger partial charge in [-0.15, -0.1) is 59.5 Å². The zero-order chi connectivity index (χ0) is 25.6. The van der Waals surface area contributed by atoms with Gasteiger partial charge in [0.15, 0.2) is 0 Å². The van der Waals surface area contributed by atoms with E-state index < -0.39 is 0 Å². The Hall–Kier alpha value is 61.7. The molecular formula is C44H77Y59-9. The van der Waals surface area contributed by atoms with Crippen LogP contribution in [0, 0.1) is 64.3 Å². The predicted molar refractivity (Wildman–Crippen MR) is 219 cm³/mol. The molecule has 4 rings (SSSR count). The molecular weight excluding hydrogens is 5770 g/mol. The van der Waals surface area contributed by atoms with E-state index in [0.717, 1.165) is 0 Å². The van der Waals surface area contributed by atoms with Gasteiger partial charge in [0, 0.05) is 1930 Å². The summed E-state index contributed by atoms with van der Waals surface area (Å²) in [7, 11) is 0. The first-order chi connectivity index (χ1) is 16.9. The van der Waals surface area contributed by atoms with E-state index in [1.165, 1.54) is 33.7 Å². The summed E-state index contributed by atoms with van der Waals surface area (Å²) in [5.41, 5.74) is 6.13. The van der Waals surface area contributed by atoms with Crippen LogP contribution in [-0.2, 0) is 1930 Å². The third-order valence-corrected chi connectivity index (χ3v) is 4.46. The Balaban J connectivity index is -0.00000000202. The van der Waals surface area contributed by atoms with Crippen LogP contribution in [0.2, 0.25) is 0 Å². The van der Waals surface area contributed by atoms with Crippen LogP contribution in [0.15, 0.2) is 115 Å². The summed E-state index contributed by atoms with van der Waals surface area (Å²) in [4.78, 5) is 0. The SMILES string of the molecule is C.C.C.CC.CC.CC.CC.[CH3-].[CH3-].[CH3-].[CH3-].[CH3-].[CH3-].[CH3-].[Y].[Y].[Y].[Y].[Y].[Y].[Y].[Y].[Y].[Y].[Y].[Y].[Y].[Y].[Y].[Y].[Y].[Y].[Y].[Y].[Y].[Y].[Y].[Y].[Y].[Y].[Y].[Y].[Y].[Y].[Y].[Y].[Y].[Y].[Y].[Y].[Y].[Y].[Y].[Y].[Y].[Y].[Y].[Y].[Y].[Y].[Y].[Y].[Y].[Y].[Y].[Y].[Y].[Y].[Y].[Y].[Y].[Y].[Y].c1ccc([CH-]c2ccc([C-](c3ccccc3)c3ccccc3)cc2)cc1. The summed E-state index contributed by atoms with van der Waals surface area (Å²) < 4.78 is 0. The minimum atomic E-state index is 0. The average molecular weight is 5850 g/mol. The largest absolute Gasteiger partial charge is 0.358 e. The van der Waals surface area contributed by atoms with E-state index in [4.69, 9.17) is 0 Å². The van der Waals surface area contributed by atoms with Gasteiger partial charge in [0.25, 0.3) is 0 Å². The first-order valence-electron chi connectivity index (χ1n) is 12.9. The Morgan fingerprint density at radius 3 is 0.369 bits per heavy atom. The Morgan fingerprint density at radius 1 is 0.146 bits per heavy atom. The summed E-state index contributed by atoms with van der Waals surface area (Å²) >= 11 is 0. The topological polar surface area (TPSA) is 0 Å². The molecule has 4 aromatic carbocycles. The summed E-state index contributed by atoms with van der Waals surface area (Å²) in [6.07, 6.45) is 2.20. The molecule has 0 fully saturated rings. The molecule has 439 valence electrons. The summed E-state index contributed by atoms with van der Waals surface area (Å²) in [5.74, 6) is 1.26. The van der Waals surface area contributed by atoms with Gasteiger partial charge in [-0.25, -0.2) is 0 Å². The zero-order valence-electron chi connectivity index (χ0n) is 63.6. The molecule has 0 spiro atoms. The predicted octanol–water partition coefficient (Wildman–Crippen LogP) is 15.3. The van der Waals surface area contributed by atoms with Gasteiger partial charge in [0.1, 0.15) is 0 Å². The van der Waals surface area contributed by atoms with Crippen molar-refractivity contribution in [2.45, 2.75) is 77.7 Å². The minimum absolute atomic E-state index is 0. The molecule has 0 heterocycles. The first-order valence-corrected chi connectivity index (χ1v) is 12.9. The van der Waals surface area contributed by atoms with E-state index in [2.05, 4.69) is 116 Å². The molecule has 4 aromatic rings. The average Bonchev–Trinajstić information content (AvgIpc) is 2.96. The van der Waals surface area contributed by atoms with Gasteiger partial charge in [-0.1, -0.05) is 174 Å². The molecule has 0 N–H and O–H groups in total. The van der Waals surface area contributed by atoms with Crippen LogP contribution in [0.3, 0.4) is 0 Å². The Bertz CT molecular complexity index is 985. The molecule has 0 atom stereocenters. The number of rotatable bonds is 5. The van der Waals surface area contributed by atoms with Crippen molar-refractivity contribution in [3.63, 3.8) is 0 Å². The summed E-state index contributed by atoms with van der Waals surface area (Å²) in [6, 6.07) is 40.4. The van der Waals surface area contributed by atoms with Crippen LogP contribution in [0.25, 0.3) is 0 Å². The molecule has 0 aromatic heterocycles. The zero-order valence-corrected chi connectivity index (χ0v) is 231.